The van der Waals surface area contributed by atoms with Gasteiger partial charge in [0, 0.05) is 24.9 Å². The van der Waals surface area contributed by atoms with Gasteiger partial charge in [-0.1, -0.05) is 44.2 Å². The fourth-order valence-electron chi connectivity index (χ4n) is 6.13. The van der Waals surface area contributed by atoms with Gasteiger partial charge in [0.1, 0.15) is 18.4 Å². The van der Waals surface area contributed by atoms with Gasteiger partial charge in [0.2, 0.25) is 11.7 Å². The molecule has 0 spiro atoms. The zero-order valence-electron chi connectivity index (χ0n) is 21.4. The van der Waals surface area contributed by atoms with Crippen LogP contribution in [0.5, 0.6) is 0 Å². The van der Waals surface area contributed by atoms with Crippen LogP contribution in [0.3, 0.4) is 0 Å². The minimum atomic E-state index is -1.11. The van der Waals surface area contributed by atoms with Crippen LogP contribution in [-0.4, -0.2) is 59.0 Å². The van der Waals surface area contributed by atoms with Crippen LogP contribution in [-0.2, 0) is 30.5 Å². The Morgan fingerprint density at radius 1 is 1.11 bits per heavy atom. The molecule has 0 radical (unpaired) electrons. The summed E-state index contributed by atoms with van der Waals surface area (Å²) >= 11 is 0. The molecule has 2 N–H and O–H groups in total. The van der Waals surface area contributed by atoms with Gasteiger partial charge in [0.15, 0.2) is 0 Å². The van der Waals surface area contributed by atoms with Gasteiger partial charge in [-0.05, 0) is 54.9 Å². The van der Waals surface area contributed by atoms with Crippen LogP contribution in [0.1, 0.15) is 57.9 Å². The molecule has 0 aromatic heterocycles. The molecule has 1 aromatic carbocycles. The SMILES string of the molecule is CC1(C)[C@@H]2C(C(=O)N[C@@H](C[C@@H]3CCCC3=O)C(=O)C(=O)NC3CC3)N(C(=O)OCc3ccccc3)C[C@@H]21. The molecule has 37 heavy (non-hydrogen) atoms. The summed E-state index contributed by atoms with van der Waals surface area (Å²) in [5, 5.41) is 5.48. The summed E-state index contributed by atoms with van der Waals surface area (Å²) in [5.41, 5.74) is 0.720. The van der Waals surface area contributed by atoms with Crippen molar-refractivity contribution in [3.05, 3.63) is 35.9 Å². The fourth-order valence-corrected chi connectivity index (χ4v) is 6.13. The van der Waals surface area contributed by atoms with E-state index in [1.807, 2.05) is 30.3 Å². The largest absolute Gasteiger partial charge is 0.445 e. The van der Waals surface area contributed by atoms with E-state index in [2.05, 4.69) is 24.5 Å². The summed E-state index contributed by atoms with van der Waals surface area (Å²) < 4.78 is 5.52. The zero-order valence-corrected chi connectivity index (χ0v) is 21.4. The number of ether oxygens (including phenoxy) is 1. The van der Waals surface area contributed by atoms with Crippen LogP contribution in [0.25, 0.3) is 0 Å². The highest BCUT2D eigenvalue weighted by Gasteiger charge is 2.69. The monoisotopic (exact) mass is 509 g/mol. The second-order valence-electron chi connectivity index (χ2n) is 11.6. The molecule has 9 heteroatoms. The summed E-state index contributed by atoms with van der Waals surface area (Å²) in [6.45, 7) is 4.62. The molecule has 198 valence electrons. The number of nitrogens with one attached hydrogen (secondary N) is 2. The number of carbonyl (C=O) groups excluding carboxylic acids is 5. The van der Waals surface area contributed by atoms with E-state index in [4.69, 9.17) is 4.74 Å². The Balaban J connectivity index is 1.30. The van der Waals surface area contributed by atoms with Gasteiger partial charge in [-0.25, -0.2) is 4.79 Å². The van der Waals surface area contributed by atoms with Gasteiger partial charge in [0.05, 0.1) is 6.04 Å². The molecule has 3 amide bonds. The molecule has 3 aliphatic carbocycles. The molecular formula is C28H35N3O6. The minimum Gasteiger partial charge on any atom is -0.445 e. The number of rotatable bonds is 9. The first-order valence-electron chi connectivity index (χ1n) is 13.3. The summed E-state index contributed by atoms with van der Waals surface area (Å²) in [7, 11) is 0. The second kappa shape index (κ2) is 9.91. The molecule has 5 atom stereocenters. The Hall–Kier alpha value is -3.23. The van der Waals surface area contributed by atoms with E-state index < -0.39 is 35.8 Å². The molecule has 4 fully saturated rings. The predicted molar refractivity (Wildman–Crippen MR) is 133 cm³/mol. The molecule has 1 aliphatic heterocycles. The number of piperidine rings is 1. The summed E-state index contributed by atoms with van der Waals surface area (Å²) in [6, 6.07) is 7.40. The molecule has 1 unspecified atom stereocenters. The van der Waals surface area contributed by atoms with Crippen molar-refractivity contribution in [2.75, 3.05) is 6.54 Å². The van der Waals surface area contributed by atoms with Gasteiger partial charge in [-0.15, -0.1) is 0 Å². The maximum atomic E-state index is 13.7. The Kier molecular flexibility index (Phi) is 6.81. The van der Waals surface area contributed by atoms with Gasteiger partial charge in [0.25, 0.3) is 5.91 Å². The summed E-state index contributed by atoms with van der Waals surface area (Å²) in [4.78, 5) is 66.1. The van der Waals surface area contributed by atoms with Crippen LogP contribution in [0.4, 0.5) is 4.79 Å². The Labute approximate surface area is 216 Å². The number of amides is 3. The van der Waals surface area contributed by atoms with Crippen molar-refractivity contribution in [1.29, 1.82) is 0 Å². The van der Waals surface area contributed by atoms with Gasteiger partial charge in [-0.2, -0.15) is 0 Å². The highest BCUT2D eigenvalue weighted by Crippen LogP contribution is 2.64. The third-order valence-corrected chi connectivity index (χ3v) is 8.64. The molecule has 4 aliphatic rings. The normalized spacial score (nSPS) is 28.3. The third kappa shape index (κ3) is 5.26. The smallest absolute Gasteiger partial charge is 0.410 e. The average Bonchev–Trinajstić information content (AvgIpc) is 3.64. The number of likely N-dealkylation sites (tertiary alicyclic amines) is 1. The number of Topliss-reactive ketones (excluding diaryl/α,β-unsaturated/α-hetero) is 2. The molecular weight excluding hydrogens is 474 g/mol. The lowest BCUT2D eigenvalue weighted by atomic mass is 9.93. The molecule has 1 aromatic rings. The Morgan fingerprint density at radius 3 is 2.49 bits per heavy atom. The number of ketones is 2. The Bertz CT molecular complexity index is 1100. The first-order chi connectivity index (χ1) is 17.7. The van der Waals surface area contributed by atoms with Crippen LogP contribution >= 0.6 is 0 Å². The highest BCUT2D eigenvalue weighted by molar-refractivity contribution is 6.38. The minimum absolute atomic E-state index is 0.00126. The first-order valence-corrected chi connectivity index (χ1v) is 13.3. The van der Waals surface area contributed by atoms with Crippen molar-refractivity contribution in [3.63, 3.8) is 0 Å². The maximum Gasteiger partial charge on any atom is 0.410 e. The van der Waals surface area contributed by atoms with Crippen molar-refractivity contribution in [1.82, 2.24) is 15.5 Å². The number of hydrogen-bond acceptors (Lipinski definition) is 6. The van der Waals surface area contributed by atoms with Crippen molar-refractivity contribution in [3.8, 4) is 0 Å². The Morgan fingerprint density at radius 2 is 1.84 bits per heavy atom. The van der Waals surface area contributed by atoms with Crippen molar-refractivity contribution < 1.29 is 28.7 Å². The van der Waals surface area contributed by atoms with Crippen LogP contribution in [0.2, 0.25) is 0 Å². The van der Waals surface area contributed by atoms with Crippen molar-refractivity contribution >= 4 is 29.5 Å². The molecule has 5 rings (SSSR count). The number of hydrogen-bond donors (Lipinski definition) is 2. The van der Waals surface area contributed by atoms with E-state index >= 15 is 0 Å². The van der Waals surface area contributed by atoms with Crippen molar-refractivity contribution in [2.24, 2.45) is 23.2 Å². The zero-order chi connectivity index (χ0) is 26.3. The molecule has 9 nitrogen and oxygen atoms in total. The van der Waals surface area contributed by atoms with Crippen LogP contribution in [0, 0.1) is 23.2 Å². The third-order valence-electron chi connectivity index (χ3n) is 8.64. The van der Waals surface area contributed by atoms with Gasteiger partial charge >= 0.3 is 6.09 Å². The van der Waals surface area contributed by atoms with Crippen LogP contribution in [0.15, 0.2) is 30.3 Å². The number of benzene rings is 1. The number of fused-ring (bicyclic) bond motifs is 1. The maximum absolute atomic E-state index is 13.7. The van der Waals surface area contributed by atoms with E-state index in [9.17, 15) is 24.0 Å². The first kappa shape index (κ1) is 25.4. The second-order valence-corrected chi connectivity index (χ2v) is 11.6. The summed E-state index contributed by atoms with van der Waals surface area (Å²) in [6.07, 6.45) is 3.03. The number of nitrogens with zero attached hydrogens (tertiary/aromatic N) is 1. The predicted octanol–water partition coefficient (Wildman–Crippen LogP) is 2.37. The molecule has 1 saturated heterocycles. The quantitative estimate of drug-likeness (QED) is 0.493. The van der Waals surface area contributed by atoms with E-state index in [0.29, 0.717) is 19.4 Å². The lowest BCUT2D eigenvalue weighted by molar-refractivity contribution is -0.141. The highest BCUT2D eigenvalue weighted by atomic mass is 16.6. The lowest BCUT2D eigenvalue weighted by Gasteiger charge is -2.30. The average molecular weight is 510 g/mol. The number of carbonyl (C=O) groups is 5. The van der Waals surface area contributed by atoms with Gasteiger partial charge < -0.3 is 15.4 Å². The summed E-state index contributed by atoms with van der Waals surface area (Å²) in [5.74, 6) is -2.15. The van der Waals surface area contributed by atoms with Gasteiger partial charge in [-0.3, -0.25) is 24.1 Å². The lowest BCUT2D eigenvalue weighted by Crippen LogP contribution is -2.55. The molecule has 0 bridgehead atoms. The van der Waals surface area contributed by atoms with E-state index in [0.717, 1.165) is 24.8 Å². The standard InChI is InChI=1S/C28H35N3O6/c1-28(2)19-14-31(27(36)37-15-16-7-4-3-5-8-16)23(22(19)28)25(34)30-20(13-17-9-6-10-21(17)32)24(33)26(35)29-18-11-12-18/h3-5,7-8,17-20,22-23H,6,9-15H2,1-2H3,(H,29,35)(H,30,34)/t17-,19-,20-,22-,23?/m0/s1. The fraction of sp³-hybridized carbons (Fsp3) is 0.607. The van der Waals surface area contributed by atoms with E-state index in [-0.39, 0.29) is 48.0 Å². The molecule has 3 saturated carbocycles. The van der Waals surface area contributed by atoms with E-state index in [1.165, 1.54) is 4.90 Å². The molecule has 1 heterocycles. The van der Waals surface area contributed by atoms with Crippen molar-refractivity contribution in [2.45, 2.75) is 77.1 Å². The topological polar surface area (TPSA) is 122 Å². The van der Waals surface area contributed by atoms with E-state index in [1.54, 1.807) is 0 Å². The van der Waals surface area contributed by atoms with Crippen LogP contribution < -0.4 is 10.6 Å².